The Bertz CT molecular complexity index is 753. The van der Waals surface area contributed by atoms with Gasteiger partial charge in [-0.1, -0.05) is 31.2 Å². The van der Waals surface area contributed by atoms with Gasteiger partial charge in [0.2, 0.25) is 0 Å². The number of aldehydes is 1. The van der Waals surface area contributed by atoms with Crippen LogP contribution in [-0.2, 0) is 14.3 Å². The third-order valence-electron chi connectivity index (χ3n) is 10.1. The van der Waals surface area contributed by atoms with Crippen LogP contribution >= 0.6 is 0 Å². The molecule has 0 spiro atoms. The Morgan fingerprint density at radius 2 is 1.57 bits per heavy atom. The Morgan fingerprint density at radius 1 is 0.964 bits per heavy atom. The van der Waals surface area contributed by atoms with E-state index in [9.17, 15) is 9.59 Å². The molecule has 3 heteroatoms. The minimum absolute atomic E-state index is 0.110. The van der Waals surface area contributed by atoms with Crippen LogP contribution in [0.25, 0.3) is 0 Å². The van der Waals surface area contributed by atoms with Crippen LogP contribution < -0.4 is 0 Å². The highest BCUT2D eigenvalue weighted by Crippen LogP contribution is 2.78. The lowest BCUT2D eigenvalue weighted by molar-refractivity contribution is -0.177. The number of rotatable bonds is 5. The highest BCUT2D eigenvalue weighted by Gasteiger charge is 2.76. The maximum atomic E-state index is 12.4. The molecular weight excluding hydrogens is 348 g/mol. The summed E-state index contributed by atoms with van der Waals surface area (Å²) in [6.07, 6.45) is 3.61. The monoisotopic (exact) mass is 382 g/mol. The number of carbonyl (C=O) groups is 2. The molecule has 0 aromatic carbocycles. The van der Waals surface area contributed by atoms with Crippen LogP contribution in [0.3, 0.4) is 0 Å². The van der Waals surface area contributed by atoms with Crippen molar-refractivity contribution in [3.05, 3.63) is 24.3 Å². The fourth-order valence-corrected chi connectivity index (χ4v) is 9.51. The number of fused-ring (bicyclic) bond motifs is 12. The van der Waals surface area contributed by atoms with Crippen molar-refractivity contribution in [3.8, 4) is 0 Å². The maximum absolute atomic E-state index is 12.4. The minimum atomic E-state index is -0.184. The van der Waals surface area contributed by atoms with Crippen LogP contribution in [0.5, 0.6) is 0 Å². The molecule has 0 heterocycles. The second-order valence-electron chi connectivity index (χ2n) is 10.8. The average Bonchev–Trinajstić information content (AvgIpc) is 3.35. The Kier molecular flexibility index (Phi) is 4.03. The fourth-order valence-electron chi connectivity index (χ4n) is 9.51. The molecular formula is C25H34O3. The highest BCUT2D eigenvalue weighted by molar-refractivity contribution is 5.80. The molecule has 0 aliphatic heterocycles. The molecule has 152 valence electrons. The van der Waals surface area contributed by atoms with Gasteiger partial charge in [0.1, 0.15) is 6.29 Å². The summed E-state index contributed by atoms with van der Waals surface area (Å²) in [5.74, 6) is 6.31. The van der Waals surface area contributed by atoms with Crippen molar-refractivity contribution in [1.29, 1.82) is 0 Å². The summed E-state index contributed by atoms with van der Waals surface area (Å²) >= 11 is 0. The molecule has 13 atom stereocenters. The standard InChI is InChI=1S/C25H34O3/c1-10(2)12(5)19-14-7-13(18(19)11(3)4)20-15-8-16(21(14)20)23-22(15)17(9-26)24(23)25(27)28-6/h9,12-24H,1,3,7-8H2,2,4-6H3. The van der Waals surface area contributed by atoms with Gasteiger partial charge in [-0.15, -0.1) is 0 Å². The van der Waals surface area contributed by atoms with E-state index in [1.165, 1.54) is 31.1 Å². The maximum Gasteiger partial charge on any atom is 0.309 e. The van der Waals surface area contributed by atoms with E-state index in [-0.39, 0.29) is 17.8 Å². The molecule has 0 N–H and O–H groups in total. The average molecular weight is 383 g/mol. The zero-order valence-electron chi connectivity index (χ0n) is 17.6. The Balaban J connectivity index is 1.50. The van der Waals surface area contributed by atoms with E-state index in [0.29, 0.717) is 41.4 Å². The van der Waals surface area contributed by atoms with E-state index in [4.69, 9.17) is 4.74 Å². The van der Waals surface area contributed by atoms with E-state index >= 15 is 0 Å². The summed E-state index contributed by atoms with van der Waals surface area (Å²) in [5, 5.41) is 0. The van der Waals surface area contributed by atoms with Gasteiger partial charge in [-0.2, -0.15) is 0 Å². The second-order valence-corrected chi connectivity index (χ2v) is 10.8. The lowest BCUT2D eigenvalue weighted by Crippen LogP contribution is -2.59. The van der Waals surface area contributed by atoms with Gasteiger partial charge in [0.25, 0.3) is 0 Å². The van der Waals surface area contributed by atoms with Crippen LogP contribution in [0, 0.1) is 76.9 Å². The predicted molar refractivity (Wildman–Crippen MR) is 108 cm³/mol. The van der Waals surface area contributed by atoms with Crippen molar-refractivity contribution >= 4 is 12.3 Å². The first-order chi connectivity index (χ1) is 13.3. The number of carbonyl (C=O) groups excluding carboxylic acids is 2. The smallest absolute Gasteiger partial charge is 0.309 e. The molecule has 0 aromatic rings. The predicted octanol–water partition coefficient (Wildman–Crippen LogP) is 4.39. The van der Waals surface area contributed by atoms with E-state index < -0.39 is 0 Å². The van der Waals surface area contributed by atoms with Gasteiger partial charge >= 0.3 is 5.97 Å². The van der Waals surface area contributed by atoms with Crippen molar-refractivity contribution in [2.24, 2.45) is 76.9 Å². The van der Waals surface area contributed by atoms with Gasteiger partial charge in [-0.25, -0.2) is 0 Å². The van der Waals surface area contributed by atoms with Gasteiger partial charge in [0.05, 0.1) is 13.0 Å². The second kappa shape index (κ2) is 6.06. The molecule has 5 saturated carbocycles. The summed E-state index contributed by atoms with van der Waals surface area (Å²) in [6, 6.07) is 0. The topological polar surface area (TPSA) is 43.4 Å². The summed E-state index contributed by atoms with van der Waals surface area (Å²) in [7, 11) is 1.47. The van der Waals surface area contributed by atoms with Crippen LogP contribution in [0.15, 0.2) is 24.3 Å². The van der Waals surface area contributed by atoms with Gasteiger partial charge in [-0.3, -0.25) is 4.79 Å². The number of allylic oxidation sites excluding steroid dienone is 2. The van der Waals surface area contributed by atoms with E-state index in [0.717, 1.165) is 30.0 Å². The summed E-state index contributed by atoms with van der Waals surface area (Å²) < 4.78 is 5.09. The Morgan fingerprint density at radius 3 is 2.14 bits per heavy atom. The van der Waals surface area contributed by atoms with Crippen LogP contribution in [0.4, 0.5) is 0 Å². The fraction of sp³-hybridized carbons (Fsp3) is 0.760. The number of methoxy groups -OCH3 is 1. The first kappa shape index (κ1) is 18.6. The number of esters is 1. The largest absolute Gasteiger partial charge is 0.469 e. The van der Waals surface area contributed by atoms with Crippen molar-refractivity contribution in [2.75, 3.05) is 7.11 Å². The number of hydrogen-bond acceptors (Lipinski definition) is 3. The van der Waals surface area contributed by atoms with Gasteiger partial charge in [0, 0.05) is 5.92 Å². The van der Waals surface area contributed by atoms with Crippen LogP contribution in [-0.4, -0.2) is 19.4 Å². The summed E-state index contributed by atoms with van der Waals surface area (Å²) in [6.45, 7) is 15.4. The van der Waals surface area contributed by atoms with Crippen molar-refractivity contribution in [2.45, 2.75) is 33.6 Å². The molecule has 4 bridgehead atoms. The molecule has 5 aliphatic rings. The van der Waals surface area contributed by atoms with E-state index in [2.05, 4.69) is 33.9 Å². The van der Waals surface area contributed by atoms with Crippen molar-refractivity contribution < 1.29 is 14.3 Å². The lowest BCUT2D eigenvalue weighted by Gasteiger charge is -2.57. The third kappa shape index (κ3) is 2.01. The lowest BCUT2D eigenvalue weighted by atomic mass is 9.45. The Hall–Kier alpha value is -1.38. The molecule has 28 heavy (non-hydrogen) atoms. The van der Waals surface area contributed by atoms with Crippen LogP contribution in [0.2, 0.25) is 0 Å². The molecule has 13 unspecified atom stereocenters. The molecule has 0 radical (unpaired) electrons. The zero-order valence-corrected chi connectivity index (χ0v) is 17.6. The normalized spacial score (nSPS) is 53.1. The zero-order chi connectivity index (χ0) is 20.1. The highest BCUT2D eigenvalue weighted by atomic mass is 16.5. The summed E-state index contributed by atoms with van der Waals surface area (Å²) in [4.78, 5) is 24.3. The Labute approximate surface area is 169 Å². The first-order valence-corrected chi connectivity index (χ1v) is 11.2. The molecule has 5 aliphatic carbocycles. The van der Waals surface area contributed by atoms with Crippen molar-refractivity contribution in [3.63, 3.8) is 0 Å². The summed E-state index contributed by atoms with van der Waals surface area (Å²) in [5.41, 5.74) is 2.63. The molecule has 0 amide bonds. The van der Waals surface area contributed by atoms with Gasteiger partial charge in [-0.05, 0) is 91.8 Å². The van der Waals surface area contributed by atoms with E-state index in [1.807, 2.05) is 0 Å². The molecule has 0 saturated heterocycles. The molecule has 5 rings (SSSR count). The first-order valence-electron chi connectivity index (χ1n) is 11.2. The van der Waals surface area contributed by atoms with Gasteiger partial charge < -0.3 is 9.53 Å². The number of ether oxygens (including phenoxy) is 1. The SMILES string of the molecule is C=C(C)C(C)C1C2CC(C1C(=C)C)C1C3CC(C21)C1C(C(=O)OC)C(C=O)C31. The van der Waals surface area contributed by atoms with Crippen LogP contribution in [0.1, 0.15) is 33.6 Å². The van der Waals surface area contributed by atoms with Gasteiger partial charge in [0.15, 0.2) is 0 Å². The minimum Gasteiger partial charge on any atom is -0.469 e. The quantitative estimate of drug-likeness (QED) is 0.307. The van der Waals surface area contributed by atoms with E-state index in [1.54, 1.807) is 0 Å². The third-order valence-corrected chi connectivity index (χ3v) is 10.1. The number of hydrogen-bond donors (Lipinski definition) is 0. The molecule has 3 nitrogen and oxygen atoms in total. The van der Waals surface area contributed by atoms with Crippen molar-refractivity contribution in [1.82, 2.24) is 0 Å². The molecule has 5 fully saturated rings. The molecule has 0 aromatic heterocycles.